The number of para-hydroxylation sites is 2. The topological polar surface area (TPSA) is 71.8 Å². The Labute approximate surface area is 172 Å². The number of furan rings is 1. The van der Waals surface area contributed by atoms with Crippen LogP contribution in [0.5, 0.6) is 5.75 Å². The van der Waals surface area contributed by atoms with Crippen LogP contribution in [-0.2, 0) is 4.79 Å². The van der Waals surface area contributed by atoms with Gasteiger partial charge in [0.15, 0.2) is 5.76 Å². The smallest absolute Gasteiger partial charge is 0.291 e. The molecular weight excluding hydrogens is 388 g/mol. The van der Waals surface area contributed by atoms with E-state index in [4.69, 9.17) is 9.15 Å². The third kappa shape index (κ3) is 4.00. The quantitative estimate of drug-likeness (QED) is 0.640. The first-order valence-corrected chi connectivity index (χ1v) is 10.3. The number of amides is 2. The van der Waals surface area contributed by atoms with Crippen molar-refractivity contribution in [3.8, 4) is 5.75 Å². The standard InChI is InChI=1S/C22H20N2O4S/c1-2-27-18-7-4-3-6-17(18)24-20(25)14-29-22(24)15-9-11-16(12-10-15)23-21(26)19-8-5-13-28-19/h3-13,22H,2,14H2,1H3,(H,23,26)/t22-/m1/s1. The van der Waals surface area contributed by atoms with Gasteiger partial charge in [0.2, 0.25) is 5.91 Å². The maximum atomic E-state index is 12.6. The van der Waals surface area contributed by atoms with Gasteiger partial charge in [0, 0.05) is 5.69 Å². The van der Waals surface area contributed by atoms with E-state index in [1.807, 2.05) is 55.5 Å². The van der Waals surface area contributed by atoms with Crippen LogP contribution in [0.25, 0.3) is 0 Å². The molecule has 1 N–H and O–H groups in total. The lowest BCUT2D eigenvalue weighted by Crippen LogP contribution is -2.28. The summed E-state index contributed by atoms with van der Waals surface area (Å²) < 4.78 is 10.8. The molecule has 6 nitrogen and oxygen atoms in total. The lowest BCUT2D eigenvalue weighted by molar-refractivity contribution is -0.115. The summed E-state index contributed by atoms with van der Waals surface area (Å²) in [6, 6.07) is 18.3. The Balaban J connectivity index is 1.56. The van der Waals surface area contributed by atoms with Crippen molar-refractivity contribution in [2.24, 2.45) is 0 Å². The molecule has 3 aromatic rings. The summed E-state index contributed by atoms with van der Waals surface area (Å²) in [6.45, 7) is 2.45. The highest BCUT2D eigenvalue weighted by Crippen LogP contribution is 2.44. The summed E-state index contributed by atoms with van der Waals surface area (Å²) in [5, 5.41) is 2.65. The zero-order valence-corrected chi connectivity index (χ0v) is 16.6. The third-order valence-corrected chi connectivity index (χ3v) is 5.70. The molecule has 1 atom stereocenters. The Hall–Kier alpha value is -3.19. The zero-order valence-electron chi connectivity index (χ0n) is 15.8. The van der Waals surface area contributed by atoms with Gasteiger partial charge in [-0.05, 0) is 48.9 Å². The maximum absolute atomic E-state index is 12.6. The summed E-state index contributed by atoms with van der Waals surface area (Å²) in [4.78, 5) is 26.5. The number of nitrogens with zero attached hydrogens (tertiary/aromatic N) is 1. The fourth-order valence-corrected chi connectivity index (χ4v) is 4.37. The second-order valence-electron chi connectivity index (χ2n) is 6.38. The Kier molecular flexibility index (Phi) is 5.57. The van der Waals surface area contributed by atoms with Gasteiger partial charge in [-0.3, -0.25) is 14.5 Å². The van der Waals surface area contributed by atoms with E-state index in [9.17, 15) is 9.59 Å². The summed E-state index contributed by atoms with van der Waals surface area (Å²) in [6.07, 6.45) is 1.46. The third-order valence-electron chi connectivity index (χ3n) is 4.49. The Bertz CT molecular complexity index is 1000. The van der Waals surface area contributed by atoms with Crippen LogP contribution in [0.1, 0.15) is 28.4 Å². The van der Waals surface area contributed by atoms with Crippen LogP contribution in [0.2, 0.25) is 0 Å². The van der Waals surface area contributed by atoms with Crippen molar-refractivity contribution in [3.05, 3.63) is 78.3 Å². The van der Waals surface area contributed by atoms with Gasteiger partial charge in [0.05, 0.1) is 24.3 Å². The molecule has 4 rings (SSSR count). The second kappa shape index (κ2) is 8.45. The monoisotopic (exact) mass is 408 g/mol. The van der Waals surface area contributed by atoms with E-state index in [1.54, 1.807) is 28.8 Å². The molecule has 0 aliphatic carbocycles. The molecule has 148 valence electrons. The van der Waals surface area contributed by atoms with Crippen molar-refractivity contribution < 1.29 is 18.7 Å². The van der Waals surface area contributed by atoms with Crippen LogP contribution in [0, 0.1) is 0 Å². The molecule has 0 bridgehead atoms. The minimum atomic E-state index is -0.305. The van der Waals surface area contributed by atoms with E-state index in [0.29, 0.717) is 23.8 Å². The van der Waals surface area contributed by atoms with Gasteiger partial charge < -0.3 is 14.5 Å². The molecule has 1 fully saturated rings. The van der Waals surface area contributed by atoms with Gasteiger partial charge in [-0.15, -0.1) is 11.8 Å². The molecule has 1 aliphatic rings. The van der Waals surface area contributed by atoms with Crippen LogP contribution in [0.4, 0.5) is 11.4 Å². The number of hydrogen-bond acceptors (Lipinski definition) is 5. The molecule has 2 heterocycles. The van der Waals surface area contributed by atoms with Gasteiger partial charge in [-0.2, -0.15) is 0 Å². The molecule has 1 saturated heterocycles. The number of hydrogen-bond donors (Lipinski definition) is 1. The first-order valence-electron chi connectivity index (χ1n) is 9.27. The highest BCUT2D eigenvalue weighted by atomic mass is 32.2. The van der Waals surface area contributed by atoms with Crippen molar-refractivity contribution in [2.75, 3.05) is 22.6 Å². The van der Waals surface area contributed by atoms with Crippen LogP contribution < -0.4 is 15.0 Å². The van der Waals surface area contributed by atoms with Crippen LogP contribution in [0.15, 0.2) is 71.3 Å². The minimum Gasteiger partial charge on any atom is -0.492 e. The van der Waals surface area contributed by atoms with Crippen molar-refractivity contribution in [3.63, 3.8) is 0 Å². The van der Waals surface area contributed by atoms with Crippen LogP contribution in [-0.4, -0.2) is 24.2 Å². The van der Waals surface area contributed by atoms with Gasteiger partial charge >= 0.3 is 0 Å². The molecule has 2 aromatic carbocycles. The summed E-state index contributed by atoms with van der Waals surface area (Å²) in [5.41, 5.74) is 2.40. The molecule has 0 spiro atoms. The maximum Gasteiger partial charge on any atom is 0.291 e. The molecule has 0 radical (unpaired) electrons. The van der Waals surface area contributed by atoms with Crippen molar-refractivity contribution in [1.29, 1.82) is 0 Å². The highest BCUT2D eigenvalue weighted by Gasteiger charge is 2.35. The van der Waals surface area contributed by atoms with Gasteiger partial charge in [0.25, 0.3) is 5.91 Å². The van der Waals surface area contributed by atoms with Crippen LogP contribution >= 0.6 is 11.8 Å². The fourth-order valence-electron chi connectivity index (χ4n) is 3.20. The first kappa shape index (κ1) is 19.1. The predicted molar refractivity (Wildman–Crippen MR) is 113 cm³/mol. The Morgan fingerprint density at radius 2 is 1.97 bits per heavy atom. The SMILES string of the molecule is CCOc1ccccc1N1C(=O)CS[C@@H]1c1ccc(NC(=O)c2ccco2)cc1. The number of carbonyl (C=O) groups is 2. The van der Waals surface area contributed by atoms with E-state index in [1.165, 1.54) is 6.26 Å². The van der Waals surface area contributed by atoms with E-state index in [-0.39, 0.29) is 22.9 Å². The lowest BCUT2D eigenvalue weighted by atomic mass is 10.1. The Morgan fingerprint density at radius 3 is 2.69 bits per heavy atom. The largest absolute Gasteiger partial charge is 0.492 e. The lowest BCUT2D eigenvalue weighted by Gasteiger charge is -2.26. The number of benzene rings is 2. The molecule has 0 saturated carbocycles. The predicted octanol–water partition coefficient (Wildman–Crippen LogP) is 4.71. The highest BCUT2D eigenvalue weighted by molar-refractivity contribution is 8.00. The van der Waals surface area contributed by atoms with Gasteiger partial charge in [0.1, 0.15) is 11.1 Å². The summed E-state index contributed by atoms with van der Waals surface area (Å²) >= 11 is 1.57. The number of carbonyl (C=O) groups excluding carboxylic acids is 2. The van der Waals surface area contributed by atoms with Crippen molar-refractivity contribution in [1.82, 2.24) is 0 Å². The zero-order chi connectivity index (χ0) is 20.2. The van der Waals surface area contributed by atoms with Gasteiger partial charge in [-0.25, -0.2) is 0 Å². The number of thioether (sulfide) groups is 1. The van der Waals surface area contributed by atoms with E-state index < -0.39 is 0 Å². The Morgan fingerprint density at radius 1 is 1.17 bits per heavy atom. The second-order valence-corrected chi connectivity index (χ2v) is 7.45. The van der Waals surface area contributed by atoms with E-state index in [2.05, 4.69) is 5.32 Å². The summed E-state index contributed by atoms with van der Waals surface area (Å²) in [5.74, 6) is 1.09. The number of anilines is 2. The fraction of sp³-hybridized carbons (Fsp3) is 0.182. The molecule has 1 aliphatic heterocycles. The van der Waals surface area contributed by atoms with E-state index in [0.717, 1.165) is 11.3 Å². The number of ether oxygens (including phenoxy) is 1. The molecule has 1 aromatic heterocycles. The average molecular weight is 408 g/mol. The van der Waals surface area contributed by atoms with Crippen LogP contribution in [0.3, 0.4) is 0 Å². The van der Waals surface area contributed by atoms with Crippen molar-refractivity contribution in [2.45, 2.75) is 12.3 Å². The minimum absolute atomic E-state index is 0.0438. The van der Waals surface area contributed by atoms with Crippen molar-refractivity contribution >= 4 is 35.0 Å². The average Bonchev–Trinajstić information content (AvgIpc) is 3.40. The normalized spacial score (nSPS) is 16.1. The molecule has 2 amide bonds. The molecule has 7 heteroatoms. The van der Waals surface area contributed by atoms with E-state index >= 15 is 0 Å². The number of nitrogens with one attached hydrogen (secondary N) is 1. The molecular formula is C22H20N2O4S. The first-order chi connectivity index (χ1) is 14.2. The molecule has 0 unspecified atom stereocenters. The summed E-state index contributed by atoms with van der Waals surface area (Å²) in [7, 11) is 0. The number of rotatable bonds is 6. The molecule has 29 heavy (non-hydrogen) atoms. The van der Waals surface area contributed by atoms with Gasteiger partial charge in [-0.1, -0.05) is 24.3 Å².